The van der Waals surface area contributed by atoms with E-state index in [9.17, 15) is 4.39 Å². The van der Waals surface area contributed by atoms with Crippen molar-refractivity contribution in [1.82, 2.24) is 10.2 Å². The Morgan fingerprint density at radius 1 is 1.54 bits per heavy atom. The molecule has 2 aliphatic rings. The molecule has 2 heterocycles. The Hall–Kier alpha value is -0.150. The van der Waals surface area contributed by atoms with E-state index in [4.69, 9.17) is 0 Å². The number of nitrogens with one attached hydrogen (secondary N) is 1. The van der Waals surface area contributed by atoms with Crippen molar-refractivity contribution < 1.29 is 4.39 Å². The third-order valence-corrected chi connectivity index (χ3v) is 3.38. The van der Waals surface area contributed by atoms with Crippen LogP contribution in [0.2, 0.25) is 0 Å². The highest BCUT2D eigenvalue weighted by molar-refractivity contribution is 4.83. The van der Waals surface area contributed by atoms with Crippen molar-refractivity contribution in [3.05, 3.63) is 0 Å². The summed E-state index contributed by atoms with van der Waals surface area (Å²) in [5, 5.41) is 3.28. The third-order valence-electron chi connectivity index (χ3n) is 3.38. The van der Waals surface area contributed by atoms with E-state index in [0.717, 1.165) is 44.4 Å². The molecule has 2 rings (SSSR count). The molecule has 0 aromatic heterocycles. The van der Waals surface area contributed by atoms with E-state index < -0.39 is 6.17 Å². The standard InChI is InChI=1S/C10H19FN2/c1-8(9-4-12-5-9)6-13-3-2-10(11)7-13/h8-10,12H,2-7H2,1H3. The van der Waals surface area contributed by atoms with E-state index in [-0.39, 0.29) is 0 Å². The molecule has 0 aromatic rings. The first-order valence-corrected chi connectivity index (χ1v) is 5.33. The van der Waals surface area contributed by atoms with Crippen molar-refractivity contribution in [2.24, 2.45) is 11.8 Å². The predicted octanol–water partition coefficient (Wildman–Crippen LogP) is 0.886. The summed E-state index contributed by atoms with van der Waals surface area (Å²) in [5.41, 5.74) is 0. The maximum absolute atomic E-state index is 12.9. The number of halogens is 1. The zero-order valence-electron chi connectivity index (χ0n) is 8.30. The number of hydrogen-bond acceptors (Lipinski definition) is 2. The van der Waals surface area contributed by atoms with Crippen LogP contribution in [0.3, 0.4) is 0 Å². The largest absolute Gasteiger partial charge is 0.316 e. The van der Waals surface area contributed by atoms with Gasteiger partial charge >= 0.3 is 0 Å². The Balaban J connectivity index is 1.71. The average Bonchev–Trinajstić information content (AvgIpc) is 2.31. The van der Waals surface area contributed by atoms with Gasteiger partial charge < -0.3 is 10.2 Å². The van der Waals surface area contributed by atoms with Gasteiger partial charge in [0.1, 0.15) is 6.17 Å². The lowest BCUT2D eigenvalue weighted by molar-refractivity contribution is 0.179. The molecule has 2 aliphatic heterocycles. The lowest BCUT2D eigenvalue weighted by atomic mass is 9.89. The Morgan fingerprint density at radius 2 is 2.31 bits per heavy atom. The molecule has 0 saturated carbocycles. The molecule has 2 unspecified atom stereocenters. The highest BCUT2D eigenvalue weighted by Gasteiger charge is 2.28. The number of rotatable bonds is 3. The fourth-order valence-electron chi connectivity index (χ4n) is 2.22. The summed E-state index contributed by atoms with van der Waals surface area (Å²) in [4.78, 5) is 2.27. The van der Waals surface area contributed by atoms with Crippen LogP contribution >= 0.6 is 0 Å². The van der Waals surface area contributed by atoms with Gasteiger partial charge in [-0.3, -0.25) is 0 Å². The van der Waals surface area contributed by atoms with Crippen LogP contribution in [0.15, 0.2) is 0 Å². The maximum atomic E-state index is 12.9. The summed E-state index contributed by atoms with van der Waals surface area (Å²) < 4.78 is 12.9. The highest BCUT2D eigenvalue weighted by atomic mass is 19.1. The third kappa shape index (κ3) is 2.20. The van der Waals surface area contributed by atoms with Crippen molar-refractivity contribution in [3.8, 4) is 0 Å². The summed E-state index contributed by atoms with van der Waals surface area (Å²) in [6, 6.07) is 0. The van der Waals surface area contributed by atoms with Gasteiger partial charge in [0.15, 0.2) is 0 Å². The van der Waals surface area contributed by atoms with Crippen LogP contribution in [-0.2, 0) is 0 Å². The van der Waals surface area contributed by atoms with Crippen molar-refractivity contribution in [2.75, 3.05) is 32.7 Å². The molecule has 2 fully saturated rings. The molecule has 76 valence electrons. The molecule has 13 heavy (non-hydrogen) atoms. The van der Waals surface area contributed by atoms with E-state index in [1.54, 1.807) is 0 Å². The second kappa shape index (κ2) is 3.93. The van der Waals surface area contributed by atoms with Crippen LogP contribution in [0.1, 0.15) is 13.3 Å². The smallest absolute Gasteiger partial charge is 0.114 e. The molecule has 2 nitrogen and oxygen atoms in total. The van der Waals surface area contributed by atoms with Gasteiger partial charge in [-0.05, 0) is 31.3 Å². The first kappa shape index (κ1) is 9.41. The summed E-state index contributed by atoms with van der Waals surface area (Å²) in [6.45, 7) is 7.34. The molecule has 2 saturated heterocycles. The number of hydrogen-bond donors (Lipinski definition) is 1. The predicted molar refractivity (Wildman–Crippen MR) is 51.5 cm³/mol. The molecular formula is C10H19FN2. The first-order chi connectivity index (χ1) is 6.25. The van der Waals surface area contributed by atoms with Crippen molar-refractivity contribution in [2.45, 2.75) is 19.5 Å². The molecule has 0 bridgehead atoms. The van der Waals surface area contributed by atoms with Crippen LogP contribution in [0.25, 0.3) is 0 Å². The van der Waals surface area contributed by atoms with Crippen LogP contribution < -0.4 is 5.32 Å². The Kier molecular flexibility index (Phi) is 2.84. The van der Waals surface area contributed by atoms with Crippen molar-refractivity contribution in [1.29, 1.82) is 0 Å². The van der Waals surface area contributed by atoms with E-state index in [1.165, 1.54) is 0 Å². The van der Waals surface area contributed by atoms with Crippen LogP contribution in [0.4, 0.5) is 4.39 Å². The van der Waals surface area contributed by atoms with Gasteiger partial charge in [0, 0.05) is 19.6 Å². The molecule has 0 aromatic carbocycles. The van der Waals surface area contributed by atoms with Gasteiger partial charge in [0.25, 0.3) is 0 Å². The fraction of sp³-hybridized carbons (Fsp3) is 1.00. The summed E-state index contributed by atoms with van der Waals surface area (Å²) in [6.07, 6.45) is 0.182. The summed E-state index contributed by atoms with van der Waals surface area (Å²) >= 11 is 0. The van der Waals surface area contributed by atoms with Gasteiger partial charge in [-0.15, -0.1) is 0 Å². The lowest BCUT2D eigenvalue weighted by Crippen LogP contribution is -2.48. The minimum atomic E-state index is -0.563. The van der Waals surface area contributed by atoms with Crippen LogP contribution in [0.5, 0.6) is 0 Å². The van der Waals surface area contributed by atoms with Crippen LogP contribution in [0, 0.1) is 11.8 Å². The molecular weight excluding hydrogens is 167 g/mol. The number of nitrogens with zero attached hydrogens (tertiary/aromatic N) is 1. The number of likely N-dealkylation sites (tertiary alicyclic amines) is 1. The Labute approximate surface area is 79.5 Å². The number of alkyl halides is 1. The van der Waals surface area contributed by atoms with Gasteiger partial charge in [-0.2, -0.15) is 0 Å². The second-order valence-corrected chi connectivity index (χ2v) is 4.54. The second-order valence-electron chi connectivity index (χ2n) is 4.54. The molecule has 0 aliphatic carbocycles. The van der Waals surface area contributed by atoms with Gasteiger partial charge in [-0.1, -0.05) is 6.92 Å². The molecule has 3 heteroatoms. The quantitative estimate of drug-likeness (QED) is 0.704. The topological polar surface area (TPSA) is 15.3 Å². The average molecular weight is 186 g/mol. The minimum Gasteiger partial charge on any atom is -0.316 e. The van der Waals surface area contributed by atoms with Gasteiger partial charge in [0.2, 0.25) is 0 Å². The zero-order chi connectivity index (χ0) is 9.26. The molecule has 0 radical (unpaired) electrons. The highest BCUT2D eigenvalue weighted by Crippen LogP contribution is 2.20. The fourth-order valence-corrected chi connectivity index (χ4v) is 2.22. The van der Waals surface area contributed by atoms with Crippen molar-refractivity contribution >= 4 is 0 Å². The van der Waals surface area contributed by atoms with Gasteiger partial charge in [-0.25, -0.2) is 4.39 Å². The maximum Gasteiger partial charge on any atom is 0.114 e. The molecule has 1 N–H and O–H groups in total. The monoisotopic (exact) mass is 186 g/mol. The van der Waals surface area contributed by atoms with E-state index >= 15 is 0 Å². The SMILES string of the molecule is CC(CN1CCC(F)C1)C1CNC1. The van der Waals surface area contributed by atoms with Crippen LogP contribution in [-0.4, -0.2) is 43.8 Å². The summed E-state index contributed by atoms with van der Waals surface area (Å²) in [5.74, 6) is 1.56. The van der Waals surface area contributed by atoms with E-state index in [2.05, 4.69) is 17.1 Å². The van der Waals surface area contributed by atoms with Gasteiger partial charge in [0.05, 0.1) is 0 Å². The lowest BCUT2D eigenvalue weighted by Gasteiger charge is -2.34. The zero-order valence-corrected chi connectivity index (χ0v) is 8.30. The van der Waals surface area contributed by atoms with E-state index in [1.807, 2.05) is 0 Å². The Morgan fingerprint density at radius 3 is 2.77 bits per heavy atom. The van der Waals surface area contributed by atoms with Crippen molar-refractivity contribution in [3.63, 3.8) is 0 Å². The molecule has 0 spiro atoms. The molecule has 2 atom stereocenters. The normalized spacial score (nSPS) is 33.2. The first-order valence-electron chi connectivity index (χ1n) is 5.33. The van der Waals surface area contributed by atoms with E-state index in [0.29, 0.717) is 6.54 Å². The molecule has 0 amide bonds. The summed E-state index contributed by atoms with van der Waals surface area (Å²) in [7, 11) is 0. The minimum absolute atomic E-state index is 0.563. The Bertz CT molecular complexity index is 170.